The minimum atomic E-state index is -0.442. The molecule has 1 unspecified atom stereocenters. The second-order valence-corrected chi connectivity index (χ2v) is 3.49. The highest BCUT2D eigenvalue weighted by molar-refractivity contribution is 6.31. The molecule has 0 amide bonds. The first-order valence-corrected chi connectivity index (χ1v) is 4.71. The van der Waals surface area contributed by atoms with E-state index in [1.807, 2.05) is 6.92 Å². The summed E-state index contributed by atoms with van der Waals surface area (Å²) in [5.41, 5.74) is 6.15. The number of methoxy groups -OCH3 is 1. The van der Waals surface area contributed by atoms with Crippen LogP contribution in [0.3, 0.4) is 0 Å². The lowest BCUT2D eigenvalue weighted by molar-refractivity contribution is 0.405. The third kappa shape index (κ3) is 1.99. The van der Waals surface area contributed by atoms with Gasteiger partial charge in [-0.25, -0.2) is 4.39 Å². The van der Waals surface area contributed by atoms with Crippen LogP contribution in [0.15, 0.2) is 12.1 Å². The molecule has 78 valence electrons. The molecule has 0 fully saturated rings. The number of rotatable bonds is 3. The van der Waals surface area contributed by atoms with Crippen molar-refractivity contribution in [3.05, 3.63) is 28.5 Å². The van der Waals surface area contributed by atoms with Crippen LogP contribution in [0, 0.1) is 5.82 Å². The quantitative estimate of drug-likeness (QED) is 0.845. The number of nitrogens with two attached hydrogens (primary N) is 1. The van der Waals surface area contributed by atoms with Gasteiger partial charge in [0.2, 0.25) is 0 Å². The molecule has 14 heavy (non-hydrogen) atoms. The molecular formula is C10H13ClFNO. The fourth-order valence-corrected chi connectivity index (χ4v) is 1.65. The van der Waals surface area contributed by atoms with E-state index in [0.717, 1.165) is 0 Å². The number of ether oxygens (including phenoxy) is 1. The van der Waals surface area contributed by atoms with Crippen LogP contribution < -0.4 is 10.5 Å². The van der Waals surface area contributed by atoms with Crippen molar-refractivity contribution in [3.8, 4) is 5.75 Å². The minimum absolute atomic E-state index is 0.0202. The lowest BCUT2D eigenvalue weighted by Crippen LogP contribution is -2.11. The second kappa shape index (κ2) is 4.62. The maximum Gasteiger partial charge on any atom is 0.142 e. The first kappa shape index (κ1) is 11.3. The van der Waals surface area contributed by atoms with E-state index >= 15 is 0 Å². The van der Waals surface area contributed by atoms with Crippen LogP contribution in [0.2, 0.25) is 5.02 Å². The van der Waals surface area contributed by atoms with Crippen molar-refractivity contribution >= 4 is 11.6 Å². The molecule has 0 radical (unpaired) electrons. The summed E-state index contributed by atoms with van der Waals surface area (Å²) < 4.78 is 18.3. The SMILES string of the molecule is COc1ccc(F)c(Cl)c1C(C)CN. The molecule has 0 aliphatic rings. The molecule has 1 aromatic carbocycles. The van der Waals surface area contributed by atoms with Crippen LogP contribution in [0.25, 0.3) is 0 Å². The van der Waals surface area contributed by atoms with Crippen molar-refractivity contribution in [1.82, 2.24) is 0 Å². The summed E-state index contributed by atoms with van der Waals surface area (Å²) in [6.45, 7) is 2.28. The smallest absolute Gasteiger partial charge is 0.142 e. The highest BCUT2D eigenvalue weighted by atomic mass is 35.5. The molecule has 1 aromatic rings. The van der Waals surface area contributed by atoms with Gasteiger partial charge in [-0.3, -0.25) is 0 Å². The largest absolute Gasteiger partial charge is 0.496 e. The first-order chi connectivity index (χ1) is 6.61. The summed E-state index contributed by atoms with van der Waals surface area (Å²) >= 11 is 5.84. The number of hydrogen-bond acceptors (Lipinski definition) is 2. The van der Waals surface area contributed by atoms with E-state index in [1.165, 1.54) is 13.2 Å². The molecule has 2 N–H and O–H groups in total. The molecule has 4 heteroatoms. The molecular weight excluding hydrogens is 205 g/mol. The Morgan fingerprint density at radius 2 is 2.21 bits per heavy atom. The van der Waals surface area contributed by atoms with Crippen LogP contribution in [-0.4, -0.2) is 13.7 Å². The van der Waals surface area contributed by atoms with Crippen LogP contribution >= 0.6 is 11.6 Å². The maximum absolute atomic E-state index is 13.2. The topological polar surface area (TPSA) is 35.2 Å². The van der Waals surface area contributed by atoms with Gasteiger partial charge >= 0.3 is 0 Å². The van der Waals surface area contributed by atoms with E-state index < -0.39 is 5.82 Å². The second-order valence-electron chi connectivity index (χ2n) is 3.11. The van der Waals surface area contributed by atoms with E-state index in [1.54, 1.807) is 6.07 Å². The van der Waals surface area contributed by atoms with Gasteiger partial charge in [0.1, 0.15) is 11.6 Å². The van der Waals surface area contributed by atoms with Gasteiger partial charge in [-0.15, -0.1) is 0 Å². The molecule has 0 heterocycles. The molecule has 0 saturated carbocycles. The van der Waals surface area contributed by atoms with Gasteiger partial charge in [0.25, 0.3) is 0 Å². The van der Waals surface area contributed by atoms with Crippen molar-refractivity contribution < 1.29 is 9.13 Å². The summed E-state index contributed by atoms with van der Waals surface area (Å²) in [4.78, 5) is 0. The van der Waals surface area contributed by atoms with Crippen molar-refractivity contribution in [3.63, 3.8) is 0 Å². The van der Waals surface area contributed by atoms with Gasteiger partial charge in [-0.2, -0.15) is 0 Å². The predicted molar refractivity (Wildman–Crippen MR) is 55.4 cm³/mol. The Bertz CT molecular complexity index is 330. The normalized spacial score (nSPS) is 12.6. The van der Waals surface area contributed by atoms with Gasteiger partial charge in [0, 0.05) is 5.56 Å². The number of halogens is 2. The summed E-state index contributed by atoms with van der Waals surface area (Å²) in [6.07, 6.45) is 0. The average molecular weight is 218 g/mol. The molecule has 0 aromatic heterocycles. The number of hydrogen-bond donors (Lipinski definition) is 1. The van der Waals surface area contributed by atoms with Gasteiger partial charge in [0.05, 0.1) is 12.1 Å². The Labute approximate surface area is 87.8 Å². The van der Waals surface area contributed by atoms with Crippen molar-refractivity contribution in [2.45, 2.75) is 12.8 Å². The van der Waals surface area contributed by atoms with Crippen LogP contribution in [0.4, 0.5) is 4.39 Å². The van der Waals surface area contributed by atoms with E-state index in [0.29, 0.717) is 17.9 Å². The monoisotopic (exact) mass is 217 g/mol. The Morgan fingerprint density at radius 3 is 2.71 bits per heavy atom. The fourth-order valence-electron chi connectivity index (χ4n) is 1.30. The third-order valence-corrected chi connectivity index (χ3v) is 2.54. The molecule has 0 aliphatic heterocycles. The molecule has 1 rings (SSSR count). The predicted octanol–water partition coefficient (Wildman–Crippen LogP) is 2.55. The third-order valence-electron chi connectivity index (χ3n) is 2.16. The molecule has 2 nitrogen and oxygen atoms in total. The number of benzene rings is 1. The van der Waals surface area contributed by atoms with E-state index in [9.17, 15) is 4.39 Å². The van der Waals surface area contributed by atoms with Crippen molar-refractivity contribution in [2.24, 2.45) is 5.73 Å². The van der Waals surface area contributed by atoms with E-state index in [-0.39, 0.29) is 10.9 Å². The Morgan fingerprint density at radius 1 is 1.57 bits per heavy atom. The lowest BCUT2D eigenvalue weighted by atomic mass is 10.00. The van der Waals surface area contributed by atoms with Crippen LogP contribution in [0.1, 0.15) is 18.4 Å². The Hall–Kier alpha value is -0.800. The highest BCUT2D eigenvalue weighted by Gasteiger charge is 2.17. The van der Waals surface area contributed by atoms with E-state index in [2.05, 4.69) is 0 Å². The maximum atomic E-state index is 13.2. The molecule has 1 atom stereocenters. The summed E-state index contributed by atoms with van der Waals surface area (Å²) in [5, 5.41) is 0.0994. The zero-order chi connectivity index (χ0) is 10.7. The summed E-state index contributed by atoms with van der Waals surface area (Å²) in [6, 6.07) is 2.84. The van der Waals surface area contributed by atoms with Gasteiger partial charge in [-0.1, -0.05) is 18.5 Å². The Kier molecular flexibility index (Phi) is 3.72. The molecule has 0 bridgehead atoms. The van der Waals surface area contributed by atoms with Crippen molar-refractivity contribution in [2.75, 3.05) is 13.7 Å². The molecule has 0 aliphatic carbocycles. The molecule has 0 saturated heterocycles. The Balaban J connectivity index is 3.27. The zero-order valence-corrected chi connectivity index (χ0v) is 8.94. The van der Waals surface area contributed by atoms with Crippen LogP contribution in [-0.2, 0) is 0 Å². The summed E-state index contributed by atoms with van der Waals surface area (Å²) in [7, 11) is 1.52. The van der Waals surface area contributed by atoms with E-state index in [4.69, 9.17) is 22.1 Å². The first-order valence-electron chi connectivity index (χ1n) is 4.33. The zero-order valence-electron chi connectivity index (χ0n) is 8.18. The van der Waals surface area contributed by atoms with Crippen LogP contribution in [0.5, 0.6) is 5.75 Å². The van der Waals surface area contributed by atoms with Gasteiger partial charge in [0.15, 0.2) is 0 Å². The fraction of sp³-hybridized carbons (Fsp3) is 0.400. The lowest BCUT2D eigenvalue weighted by Gasteiger charge is -2.15. The standard InChI is InChI=1S/C10H13ClFNO/c1-6(5-13)9-8(14-2)4-3-7(12)10(9)11/h3-4,6H,5,13H2,1-2H3. The average Bonchev–Trinajstić information content (AvgIpc) is 2.20. The minimum Gasteiger partial charge on any atom is -0.496 e. The van der Waals surface area contributed by atoms with Crippen molar-refractivity contribution in [1.29, 1.82) is 0 Å². The summed E-state index contributed by atoms with van der Waals surface area (Å²) in [5.74, 6) is 0.116. The highest BCUT2D eigenvalue weighted by Crippen LogP contribution is 2.34. The molecule has 0 spiro atoms. The van der Waals surface area contributed by atoms with Gasteiger partial charge in [-0.05, 0) is 24.6 Å². The van der Waals surface area contributed by atoms with Gasteiger partial charge < -0.3 is 10.5 Å².